The van der Waals surface area contributed by atoms with Crippen molar-refractivity contribution in [3.8, 4) is 0 Å². The molecule has 1 aromatic rings. The minimum Gasteiger partial charge on any atom is -0.239 e. The molecule has 44 valence electrons. The summed E-state index contributed by atoms with van der Waals surface area (Å²) in [5.74, 6) is 0. The van der Waals surface area contributed by atoms with Crippen molar-refractivity contribution >= 4 is 15.9 Å². The van der Waals surface area contributed by atoms with Crippen LogP contribution in [-0.4, -0.2) is 15.0 Å². The second kappa shape index (κ2) is 2.26. The maximum atomic E-state index is 7.31. The summed E-state index contributed by atoms with van der Waals surface area (Å²) in [4.78, 5) is 0. The highest BCUT2D eigenvalue weighted by Crippen LogP contribution is 2.03. The third-order valence-corrected chi connectivity index (χ3v) is 1.15. The molecule has 0 aliphatic carbocycles. The number of nitrogens with zero attached hydrogens (tertiary/aromatic N) is 3. The molecule has 0 aromatic carbocycles. The quantitative estimate of drug-likeness (QED) is 0.648. The van der Waals surface area contributed by atoms with Gasteiger partial charge in [-0.2, -0.15) is 0 Å². The lowest BCUT2D eigenvalue weighted by Crippen LogP contribution is -1.95. The van der Waals surface area contributed by atoms with Gasteiger partial charge in [-0.05, 0) is 22.8 Å². The van der Waals surface area contributed by atoms with Gasteiger partial charge in [0, 0.05) is 10.6 Å². The van der Waals surface area contributed by atoms with Gasteiger partial charge in [0.1, 0.15) is 4.60 Å². The Hall–Kier alpha value is -0.380. The van der Waals surface area contributed by atoms with Crippen molar-refractivity contribution in [2.45, 2.75) is 13.3 Å². The van der Waals surface area contributed by atoms with Gasteiger partial charge in [-0.25, -0.2) is 4.68 Å². The van der Waals surface area contributed by atoms with Gasteiger partial charge in [0.25, 0.3) is 0 Å². The SMILES string of the molecule is [2H]C([2H])([2H])C([2H])([2H])n1nncc1Br. The first-order valence-corrected chi connectivity index (χ1v) is 2.63. The maximum absolute atomic E-state index is 7.31. The molecule has 0 unspecified atom stereocenters. The van der Waals surface area contributed by atoms with Crippen LogP contribution in [0.2, 0.25) is 0 Å². The van der Waals surface area contributed by atoms with E-state index in [2.05, 4.69) is 26.2 Å². The lowest BCUT2D eigenvalue weighted by Gasteiger charge is -1.90. The number of aromatic nitrogens is 3. The molecule has 0 bridgehead atoms. The minimum absolute atomic E-state index is 0.189. The van der Waals surface area contributed by atoms with Crippen molar-refractivity contribution in [3.05, 3.63) is 10.8 Å². The number of aryl methyl sites for hydroxylation is 1. The highest BCUT2D eigenvalue weighted by molar-refractivity contribution is 9.10. The van der Waals surface area contributed by atoms with E-state index in [0.717, 1.165) is 0 Å². The van der Waals surface area contributed by atoms with E-state index in [4.69, 9.17) is 6.85 Å². The molecule has 1 heterocycles. The molecule has 1 aromatic heterocycles. The van der Waals surface area contributed by atoms with Crippen LogP contribution in [0.25, 0.3) is 0 Å². The molecular weight excluding hydrogens is 170 g/mol. The molecule has 0 N–H and O–H groups in total. The van der Waals surface area contributed by atoms with Crippen LogP contribution in [0.4, 0.5) is 0 Å². The zero-order valence-electron chi connectivity index (χ0n) is 8.80. The summed E-state index contributed by atoms with van der Waals surface area (Å²) in [6.07, 6.45) is 1.23. The average Bonchev–Trinajstić information content (AvgIpc) is 2.32. The van der Waals surface area contributed by atoms with E-state index in [0.29, 0.717) is 4.68 Å². The standard InChI is InChI=1S/C4H6BrN3/c1-2-8-4(5)3-6-7-8/h3H,2H2,1H3/i1D3,2D2. The molecule has 0 fully saturated rings. The van der Waals surface area contributed by atoms with Crippen molar-refractivity contribution in [2.24, 2.45) is 0 Å². The molecule has 1 rings (SSSR count). The predicted molar refractivity (Wildman–Crippen MR) is 33.4 cm³/mol. The average molecular weight is 181 g/mol. The van der Waals surface area contributed by atoms with Gasteiger partial charge in [-0.1, -0.05) is 5.21 Å². The lowest BCUT2D eigenvalue weighted by molar-refractivity contribution is 0.615. The third-order valence-electron chi connectivity index (χ3n) is 0.614. The van der Waals surface area contributed by atoms with Crippen molar-refractivity contribution in [1.82, 2.24) is 15.0 Å². The zero-order valence-corrected chi connectivity index (χ0v) is 5.38. The Morgan fingerprint density at radius 1 is 2.25 bits per heavy atom. The van der Waals surface area contributed by atoms with Gasteiger partial charge >= 0.3 is 0 Å². The van der Waals surface area contributed by atoms with Crippen LogP contribution in [0.5, 0.6) is 0 Å². The maximum Gasteiger partial charge on any atom is 0.124 e. The zero-order chi connectivity index (χ0) is 10.3. The summed E-state index contributed by atoms with van der Waals surface area (Å²) in [7, 11) is 0. The van der Waals surface area contributed by atoms with Crippen molar-refractivity contribution in [2.75, 3.05) is 0 Å². The fourth-order valence-corrected chi connectivity index (χ4v) is 0.549. The molecule has 0 radical (unpaired) electrons. The molecule has 0 amide bonds. The molecule has 0 aliphatic rings. The lowest BCUT2D eigenvalue weighted by atomic mass is 10.7. The number of hydrogen-bond acceptors (Lipinski definition) is 2. The Bertz CT molecular complexity index is 305. The van der Waals surface area contributed by atoms with Gasteiger partial charge in [-0.15, -0.1) is 5.10 Å². The van der Waals surface area contributed by atoms with E-state index in [-0.39, 0.29) is 4.60 Å². The smallest absolute Gasteiger partial charge is 0.124 e. The molecule has 0 atom stereocenters. The first-order chi connectivity index (χ1) is 5.77. The largest absolute Gasteiger partial charge is 0.239 e. The van der Waals surface area contributed by atoms with Crippen LogP contribution < -0.4 is 0 Å². The minimum atomic E-state index is -2.77. The second-order valence-electron chi connectivity index (χ2n) is 1.08. The Labute approximate surface area is 62.8 Å². The number of hydrogen-bond donors (Lipinski definition) is 0. The summed E-state index contributed by atoms with van der Waals surface area (Å²) < 4.78 is 36.4. The summed E-state index contributed by atoms with van der Waals surface area (Å²) in [5.41, 5.74) is 0. The molecule has 8 heavy (non-hydrogen) atoms. The van der Waals surface area contributed by atoms with Gasteiger partial charge < -0.3 is 0 Å². The molecular formula is C4H6BrN3. The van der Waals surface area contributed by atoms with Crippen LogP contribution in [0, 0.1) is 0 Å². The van der Waals surface area contributed by atoms with Crippen LogP contribution in [-0.2, 0) is 6.50 Å². The van der Waals surface area contributed by atoms with E-state index in [1.807, 2.05) is 0 Å². The van der Waals surface area contributed by atoms with Crippen LogP contribution in [0.1, 0.15) is 13.7 Å². The van der Waals surface area contributed by atoms with Crippen LogP contribution in [0.15, 0.2) is 10.8 Å². The van der Waals surface area contributed by atoms with Gasteiger partial charge in [-0.3, -0.25) is 0 Å². The topological polar surface area (TPSA) is 30.7 Å². The fourth-order valence-electron chi connectivity index (χ4n) is 0.298. The van der Waals surface area contributed by atoms with Crippen molar-refractivity contribution in [1.29, 1.82) is 0 Å². The van der Waals surface area contributed by atoms with Crippen LogP contribution >= 0.6 is 15.9 Å². The summed E-state index contributed by atoms with van der Waals surface area (Å²) in [6.45, 7) is -5.33. The van der Waals surface area contributed by atoms with E-state index < -0.39 is 13.3 Å². The monoisotopic (exact) mass is 180 g/mol. The van der Waals surface area contributed by atoms with E-state index >= 15 is 0 Å². The van der Waals surface area contributed by atoms with Crippen LogP contribution in [0.3, 0.4) is 0 Å². The van der Waals surface area contributed by atoms with E-state index in [9.17, 15) is 0 Å². The second-order valence-corrected chi connectivity index (χ2v) is 1.89. The molecule has 0 aliphatic heterocycles. The predicted octanol–water partition coefficient (Wildman–Crippen LogP) is 1.06. The van der Waals surface area contributed by atoms with E-state index in [1.165, 1.54) is 6.20 Å². The Morgan fingerprint density at radius 3 is 3.62 bits per heavy atom. The Morgan fingerprint density at radius 2 is 3.12 bits per heavy atom. The highest BCUT2D eigenvalue weighted by atomic mass is 79.9. The number of halogens is 1. The molecule has 4 heteroatoms. The highest BCUT2D eigenvalue weighted by Gasteiger charge is 1.92. The molecule has 0 saturated heterocycles. The molecule has 0 saturated carbocycles. The first-order valence-electron chi connectivity index (χ1n) is 4.33. The Kier molecular flexibility index (Phi) is 0.592. The van der Waals surface area contributed by atoms with Gasteiger partial charge in [0.15, 0.2) is 0 Å². The van der Waals surface area contributed by atoms with Crippen molar-refractivity contribution in [3.63, 3.8) is 0 Å². The summed E-state index contributed by atoms with van der Waals surface area (Å²) in [6, 6.07) is 0. The van der Waals surface area contributed by atoms with Gasteiger partial charge in [0.2, 0.25) is 0 Å². The summed E-state index contributed by atoms with van der Waals surface area (Å²) >= 11 is 2.94. The molecule has 0 spiro atoms. The summed E-state index contributed by atoms with van der Waals surface area (Å²) in [5, 5.41) is 6.72. The first kappa shape index (κ1) is 2.10. The normalized spacial score (nSPS) is 22.4. The van der Waals surface area contributed by atoms with Crippen molar-refractivity contribution < 1.29 is 6.85 Å². The third kappa shape index (κ3) is 0.888. The Balaban J connectivity index is 3.15. The van der Waals surface area contributed by atoms with E-state index in [1.54, 1.807) is 0 Å². The molecule has 3 nitrogen and oxygen atoms in total. The number of rotatable bonds is 1. The van der Waals surface area contributed by atoms with Gasteiger partial charge in [0.05, 0.1) is 8.94 Å². The fraction of sp³-hybridized carbons (Fsp3) is 0.500.